The predicted octanol–water partition coefficient (Wildman–Crippen LogP) is 2.30. The van der Waals surface area contributed by atoms with Crippen LogP contribution in [0, 0.1) is 5.92 Å². The maximum atomic E-state index is 12.8. The second-order valence-electron chi connectivity index (χ2n) is 7.76. The van der Waals surface area contributed by atoms with Gasteiger partial charge in [0.2, 0.25) is 5.91 Å². The van der Waals surface area contributed by atoms with Crippen LogP contribution in [0.25, 0.3) is 0 Å². The molecule has 3 rings (SSSR count). The van der Waals surface area contributed by atoms with Crippen LogP contribution in [-0.2, 0) is 19.1 Å². The highest BCUT2D eigenvalue weighted by Crippen LogP contribution is 2.32. The zero-order chi connectivity index (χ0) is 20.7. The van der Waals surface area contributed by atoms with E-state index in [1.54, 1.807) is 11.8 Å². The minimum absolute atomic E-state index is 0.00710. The second-order valence-corrected chi connectivity index (χ2v) is 7.76. The van der Waals surface area contributed by atoms with Crippen LogP contribution >= 0.6 is 0 Å². The Labute approximate surface area is 171 Å². The number of amides is 2. The molecule has 0 atom stereocenters. The largest absolute Gasteiger partial charge is 0.484 e. The molecule has 1 aliphatic carbocycles. The number of ether oxygens (including phenoxy) is 2. The number of nitrogens with zero attached hydrogens (tertiary/aromatic N) is 1. The molecule has 1 aliphatic heterocycles. The van der Waals surface area contributed by atoms with Gasteiger partial charge in [0.1, 0.15) is 11.3 Å². The summed E-state index contributed by atoms with van der Waals surface area (Å²) in [6.45, 7) is 3.11. The highest BCUT2D eigenvalue weighted by molar-refractivity contribution is 5.89. The lowest BCUT2D eigenvalue weighted by molar-refractivity contribution is -0.154. The number of hydrogen-bond acceptors (Lipinski definition) is 5. The molecular formula is C22H30N2O5. The van der Waals surface area contributed by atoms with Crippen LogP contribution in [0.15, 0.2) is 30.3 Å². The molecule has 0 radical (unpaired) electrons. The fraction of sp³-hybridized carbons (Fsp3) is 0.591. The fourth-order valence-electron chi connectivity index (χ4n) is 4.11. The van der Waals surface area contributed by atoms with Gasteiger partial charge in [-0.1, -0.05) is 31.0 Å². The Bertz CT molecular complexity index is 707. The minimum atomic E-state index is -0.871. The molecule has 0 unspecified atom stereocenters. The summed E-state index contributed by atoms with van der Waals surface area (Å²) >= 11 is 0. The second kappa shape index (κ2) is 9.76. The highest BCUT2D eigenvalue weighted by atomic mass is 16.5. The Hall–Kier alpha value is -2.57. The van der Waals surface area contributed by atoms with E-state index in [1.807, 2.05) is 30.3 Å². The molecule has 2 fully saturated rings. The molecule has 1 heterocycles. The highest BCUT2D eigenvalue weighted by Gasteiger charge is 2.45. The standard InChI is InChI=1S/C22H30N2O5/c1-2-28-21(27)22(12-6-7-13-22)23-20(26)17-10-14-24(15-11-17)19(25)16-29-18-8-4-3-5-9-18/h3-5,8-9,17H,2,6-7,10-16H2,1H3,(H,23,26). The lowest BCUT2D eigenvalue weighted by Crippen LogP contribution is -2.56. The number of rotatable bonds is 7. The third-order valence-electron chi connectivity index (χ3n) is 5.81. The summed E-state index contributed by atoms with van der Waals surface area (Å²) in [5.41, 5.74) is -0.871. The number of benzene rings is 1. The number of para-hydroxylation sites is 1. The average molecular weight is 402 g/mol. The normalized spacial score (nSPS) is 18.9. The van der Waals surface area contributed by atoms with Gasteiger partial charge in [-0.2, -0.15) is 0 Å². The van der Waals surface area contributed by atoms with Crippen molar-refractivity contribution in [3.63, 3.8) is 0 Å². The first-order valence-corrected chi connectivity index (χ1v) is 10.5. The predicted molar refractivity (Wildman–Crippen MR) is 107 cm³/mol. The zero-order valence-corrected chi connectivity index (χ0v) is 17.0. The van der Waals surface area contributed by atoms with Crippen molar-refractivity contribution in [1.82, 2.24) is 10.2 Å². The van der Waals surface area contributed by atoms with Crippen molar-refractivity contribution < 1.29 is 23.9 Å². The lowest BCUT2D eigenvalue weighted by atomic mass is 9.92. The molecule has 29 heavy (non-hydrogen) atoms. The zero-order valence-electron chi connectivity index (χ0n) is 17.0. The molecule has 1 N–H and O–H groups in total. The van der Waals surface area contributed by atoms with E-state index in [0.717, 1.165) is 12.8 Å². The van der Waals surface area contributed by atoms with E-state index in [-0.39, 0.29) is 30.3 Å². The lowest BCUT2D eigenvalue weighted by Gasteiger charge is -2.34. The molecule has 1 saturated heterocycles. The van der Waals surface area contributed by atoms with E-state index >= 15 is 0 Å². The number of piperidine rings is 1. The summed E-state index contributed by atoms with van der Waals surface area (Å²) in [4.78, 5) is 39.3. The van der Waals surface area contributed by atoms with E-state index in [0.29, 0.717) is 51.1 Å². The van der Waals surface area contributed by atoms with E-state index in [1.165, 1.54) is 0 Å². The van der Waals surface area contributed by atoms with Gasteiger partial charge in [0.25, 0.3) is 5.91 Å². The number of carbonyl (C=O) groups excluding carboxylic acids is 3. The van der Waals surface area contributed by atoms with Crippen molar-refractivity contribution in [2.45, 2.75) is 51.0 Å². The van der Waals surface area contributed by atoms with Crippen molar-refractivity contribution in [3.05, 3.63) is 30.3 Å². The van der Waals surface area contributed by atoms with Crippen molar-refractivity contribution in [3.8, 4) is 5.75 Å². The molecule has 1 aromatic rings. The molecule has 158 valence electrons. The van der Waals surface area contributed by atoms with Crippen molar-refractivity contribution in [2.24, 2.45) is 5.92 Å². The maximum Gasteiger partial charge on any atom is 0.331 e. The first kappa shape index (κ1) is 21.1. The van der Waals surface area contributed by atoms with Gasteiger partial charge >= 0.3 is 5.97 Å². The van der Waals surface area contributed by atoms with Gasteiger partial charge in [-0.3, -0.25) is 9.59 Å². The number of nitrogens with one attached hydrogen (secondary N) is 1. The molecule has 2 aliphatic rings. The van der Waals surface area contributed by atoms with Crippen LogP contribution in [0.5, 0.6) is 5.75 Å². The number of carbonyl (C=O) groups is 3. The van der Waals surface area contributed by atoms with Gasteiger partial charge in [0.15, 0.2) is 6.61 Å². The van der Waals surface area contributed by atoms with Crippen molar-refractivity contribution in [1.29, 1.82) is 0 Å². The van der Waals surface area contributed by atoms with E-state index < -0.39 is 5.54 Å². The molecule has 0 aromatic heterocycles. The molecule has 1 saturated carbocycles. The first-order chi connectivity index (χ1) is 14.0. The Morgan fingerprint density at radius 2 is 1.76 bits per heavy atom. The molecule has 0 spiro atoms. The fourth-order valence-corrected chi connectivity index (χ4v) is 4.11. The van der Waals surface area contributed by atoms with Gasteiger partial charge in [-0.15, -0.1) is 0 Å². The van der Waals surface area contributed by atoms with Crippen LogP contribution < -0.4 is 10.1 Å². The SMILES string of the molecule is CCOC(=O)C1(NC(=O)C2CCN(C(=O)COc3ccccc3)CC2)CCCC1. The third-order valence-corrected chi connectivity index (χ3v) is 5.81. The van der Waals surface area contributed by atoms with Crippen molar-refractivity contribution >= 4 is 17.8 Å². The Kier molecular flexibility index (Phi) is 7.12. The topological polar surface area (TPSA) is 84.9 Å². The van der Waals surface area contributed by atoms with E-state index in [4.69, 9.17) is 9.47 Å². The number of likely N-dealkylation sites (tertiary alicyclic amines) is 1. The van der Waals surface area contributed by atoms with Gasteiger partial charge in [-0.25, -0.2) is 4.79 Å². The summed E-state index contributed by atoms with van der Waals surface area (Å²) in [5, 5.41) is 3.00. The minimum Gasteiger partial charge on any atom is -0.484 e. The smallest absolute Gasteiger partial charge is 0.331 e. The third kappa shape index (κ3) is 5.28. The first-order valence-electron chi connectivity index (χ1n) is 10.5. The van der Waals surface area contributed by atoms with Crippen LogP contribution in [0.1, 0.15) is 45.4 Å². The Balaban J connectivity index is 1.47. The Morgan fingerprint density at radius 1 is 1.10 bits per heavy atom. The average Bonchev–Trinajstić information content (AvgIpc) is 3.23. The molecule has 1 aromatic carbocycles. The number of esters is 1. The van der Waals surface area contributed by atoms with Gasteiger partial charge in [0.05, 0.1) is 6.61 Å². The summed E-state index contributed by atoms with van der Waals surface area (Å²) in [6, 6.07) is 9.23. The summed E-state index contributed by atoms with van der Waals surface area (Å²) in [7, 11) is 0. The monoisotopic (exact) mass is 402 g/mol. The van der Waals surface area contributed by atoms with Gasteiger partial charge < -0.3 is 19.7 Å². The van der Waals surface area contributed by atoms with Crippen LogP contribution in [0.4, 0.5) is 0 Å². The Morgan fingerprint density at radius 3 is 2.38 bits per heavy atom. The van der Waals surface area contributed by atoms with Crippen molar-refractivity contribution in [2.75, 3.05) is 26.3 Å². The van der Waals surface area contributed by atoms with Crippen LogP contribution in [0.2, 0.25) is 0 Å². The summed E-state index contributed by atoms with van der Waals surface area (Å²) in [5.74, 6) is -0.0347. The van der Waals surface area contributed by atoms with E-state index in [2.05, 4.69) is 5.32 Å². The van der Waals surface area contributed by atoms with Gasteiger partial charge in [-0.05, 0) is 44.7 Å². The molecule has 0 bridgehead atoms. The van der Waals surface area contributed by atoms with Crippen LogP contribution in [-0.4, -0.2) is 54.5 Å². The molecule has 7 nitrogen and oxygen atoms in total. The maximum absolute atomic E-state index is 12.8. The quantitative estimate of drug-likeness (QED) is 0.708. The van der Waals surface area contributed by atoms with E-state index in [9.17, 15) is 14.4 Å². The number of hydrogen-bond donors (Lipinski definition) is 1. The van der Waals surface area contributed by atoms with Gasteiger partial charge in [0, 0.05) is 19.0 Å². The summed E-state index contributed by atoms with van der Waals surface area (Å²) < 4.78 is 10.7. The van der Waals surface area contributed by atoms with Crippen LogP contribution in [0.3, 0.4) is 0 Å². The molecule has 7 heteroatoms. The molecular weight excluding hydrogens is 372 g/mol. The summed E-state index contributed by atoms with van der Waals surface area (Å²) in [6.07, 6.45) is 4.25. The molecule has 2 amide bonds.